The number of methoxy groups -OCH3 is 2. The second-order valence-corrected chi connectivity index (χ2v) is 7.32. The first-order chi connectivity index (χ1) is 14.7. The average molecular weight is 418 g/mol. The molecule has 0 unspecified atom stereocenters. The van der Waals surface area contributed by atoms with Gasteiger partial charge in [-0.1, -0.05) is 11.8 Å². The summed E-state index contributed by atoms with van der Waals surface area (Å²) in [5, 5.41) is 4.11. The van der Waals surface area contributed by atoms with Crippen molar-refractivity contribution in [2.45, 2.75) is 9.79 Å². The first-order valence-corrected chi connectivity index (χ1v) is 9.86. The lowest BCUT2D eigenvalue weighted by molar-refractivity contribution is 0.0600. The molecule has 0 saturated carbocycles. The molecule has 30 heavy (non-hydrogen) atoms. The molecule has 7 nitrogen and oxygen atoms in total. The van der Waals surface area contributed by atoms with Crippen LogP contribution in [0.1, 0.15) is 10.4 Å². The fraction of sp³-hybridized carbons (Fsp3) is 0.0909. The Balaban J connectivity index is 1.73. The number of carbonyl (C=O) groups is 1. The van der Waals surface area contributed by atoms with E-state index < -0.39 is 5.97 Å². The normalized spacial score (nSPS) is 10.6. The first-order valence-electron chi connectivity index (χ1n) is 9.05. The Kier molecular flexibility index (Phi) is 5.76. The van der Waals surface area contributed by atoms with Crippen molar-refractivity contribution in [2.24, 2.45) is 0 Å². The van der Waals surface area contributed by atoms with Gasteiger partial charge in [-0.2, -0.15) is 0 Å². The van der Waals surface area contributed by atoms with E-state index in [0.29, 0.717) is 17.0 Å². The number of benzene rings is 2. The van der Waals surface area contributed by atoms with Gasteiger partial charge in [0.25, 0.3) is 0 Å². The summed E-state index contributed by atoms with van der Waals surface area (Å²) >= 11 is 1.56. The van der Waals surface area contributed by atoms with Crippen molar-refractivity contribution in [3.05, 3.63) is 72.7 Å². The van der Waals surface area contributed by atoms with Gasteiger partial charge >= 0.3 is 5.97 Å². The maximum atomic E-state index is 12.1. The second kappa shape index (κ2) is 8.79. The molecule has 2 aromatic carbocycles. The maximum absolute atomic E-state index is 12.1. The molecule has 0 fully saturated rings. The van der Waals surface area contributed by atoms with Crippen LogP contribution < -0.4 is 10.1 Å². The van der Waals surface area contributed by atoms with Crippen molar-refractivity contribution < 1.29 is 14.3 Å². The van der Waals surface area contributed by atoms with Crippen LogP contribution in [-0.4, -0.2) is 35.1 Å². The van der Waals surface area contributed by atoms with Crippen molar-refractivity contribution in [1.29, 1.82) is 0 Å². The Bertz CT molecular complexity index is 1190. The molecule has 4 aromatic rings. The summed E-state index contributed by atoms with van der Waals surface area (Å²) in [6.45, 7) is 0. The van der Waals surface area contributed by atoms with Crippen LogP contribution in [0.15, 0.2) is 76.9 Å². The van der Waals surface area contributed by atoms with Gasteiger partial charge in [0.2, 0.25) is 0 Å². The van der Waals surface area contributed by atoms with E-state index in [9.17, 15) is 4.79 Å². The van der Waals surface area contributed by atoms with E-state index in [1.165, 1.54) is 13.4 Å². The van der Waals surface area contributed by atoms with Crippen LogP contribution in [0, 0.1) is 0 Å². The molecular weight excluding hydrogens is 400 g/mol. The Morgan fingerprint density at radius 2 is 1.83 bits per heavy atom. The largest absolute Gasteiger partial charge is 0.497 e. The van der Waals surface area contributed by atoms with Gasteiger partial charge in [-0.15, -0.1) is 0 Å². The Hall–Kier alpha value is -3.65. The standard InChI is InChI=1S/C22H18N4O3S/c1-28-15-6-8-16(9-7-15)30-19-10-5-14(22(27)29-2)12-18(19)26-21-17-4-3-11-23-20(17)24-13-25-21/h3-13H,1-2H3,(H,23,24,25,26). The fourth-order valence-electron chi connectivity index (χ4n) is 2.85. The zero-order valence-electron chi connectivity index (χ0n) is 16.3. The number of aromatic nitrogens is 3. The Labute approximate surface area is 177 Å². The van der Waals surface area contributed by atoms with Crippen molar-refractivity contribution in [3.63, 3.8) is 0 Å². The summed E-state index contributed by atoms with van der Waals surface area (Å²) in [7, 11) is 3.00. The molecule has 150 valence electrons. The number of rotatable bonds is 6. The summed E-state index contributed by atoms with van der Waals surface area (Å²) in [6.07, 6.45) is 3.14. The van der Waals surface area contributed by atoms with Crippen LogP contribution in [-0.2, 0) is 4.74 Å². The number of ether oxygens (including phenoxy) is 2. The van der Waals surface area contributed by atoms with Gasteiger partial charge in [0.05, 0.1) is 30.9 Å². The molecule has 0 spiro atoms. The Morgan fingerprint density at radius 1 is 1.00 bits per heavy atom. The number of fused-ring (bicyclic) bond motifs is 1. The van der Waals surface area contributed by atoms with Gasteiger partial charge in [0.15, 0.2) is 5.65 Å². The molecule has 0 aliphatic rings. The highest BCUT2D eigenvalue weighted by atomic mass is 32.2. The summed E-state index contributed by atoms with van der Waals surface area (Å²) < 4.78 is 10.1. The van der Waals surface area contributed by atoms with Crippen LogP contribution in [0.4, 0.5) is 11.5 Å². The van der Waals surface area contributed by atoms with Crippen molar-refractivity contribution >= 4 is 40.3 Å². The summed E-state index contributed by atoms with van der Waals surface area (Å²) in [5.74, 6) is 0.985. The van der Waals surface area contributed by atoms with Crippen LogP contribution in [0.3, 0.4) is 0 Å². The topological polar surface area (TPSA) is 86.2 Å². The molecule has 0 radical (unpaired) electrons. The first kappa shape index (κ1) is 19.7. The van der Waals surface area contributed by atoms with Crippen molar-refractivity contribution in [1.82, 2.24) is 15.0 Å². The van der Waals surface area contributed by atoms with Crippen LogP contribution in [0.25, 0.3) is 11.0 Å². The number of esters is 1. The third-order valence-corrected chi connectivity index (χ3v) is 5.43. The van der Waals surface area contributed by atoms with E-state index in [1.54, 1.807) is 37.2 Å². The van der Waals surface area contributed by atoms with Gasteiger partial charge < -0.3 is 14.8 Å². The third kappa shape index (κ3) is 4.18. The van der Waals surface area contributed by atoms with E-state index in [2.05, 4.69) is 20.3 Å². The minimum Gasteiger partial charge on any atom is -0.497 e. The number of carbonyl (C=O) groups excluding carboxylic acids is 1. The van der Waals surface area contributed by atoms with Crippen LogP contribution >= 0.6 is 11.8 Å². The molecule has 1 N–H and O–H groups in total. The van der Waals surface area contributed by atoms with Gasteiger partial charge in [0.1, 0.15) is 17.9 Å². The summed E-state index contributed by atoms with van der Waals surface area (Å²) in [6, 6.07) is 16.9. The molecule has 0 bridgehead atoms. The molecule has 0 aliphatic carbocycles. The molecule has 4 rings (SSSR count). The highest BCUT2D eigenvalue weighted by Crippen LogP contribution is 2.37. The predicted octanol–water partition coefficient (Wildman–Crippen LogP) is 4.71. The summed E-state index contributed by atoms with van der Waals surface area (Å²) in [5.41, 5.74) is 1.75. The predicted molar refractivity (Wildman–Crippen MR) is 116 cm³/mol. The lowest BCUT2D eigenvalue weighted by atomic mass is 10.2. The number of hydrogen-bond acceptors (Lipinski definition) is 8. The minimum absolute atomic E-state index is 0.409. The molecule has 2 heterocycles. The quantitative estimate of drug-likeness (QED) is 0.450. The third-order valence-electron chi connectivity index (χ3n) is 4.35. The van der Waals surface area contributed by atoms with E-state index in [-0.39, 0.29) is 0 Å². The van der Waals surface area contributed by atoms with Gasteiger partial charge in [-0.25, -0.2) is 19.7 Å². The molecule has 0 aliphatic heterocycles. The lowest BCUT2D eigenvalue weighted by Crippen LogP contribution is -2.04. The smallest absolute Gasteiger partial charge is 0.337 e. The maximum Gasteiger partial charge on any atom is 0.337 e. The highest BCUT2D eigenvalue weighted by molar-refractivity contribution is 7.99. The SMILES string of the molecule is COC(=O)c1ccc(Sc2ccc(OC)cc2)c(Nc2ncnc3ncccc23)c1. The average Bonchev–Trinajstić information content (AvgIpc) is 2.80. The van der Waals surface area contributed by atoms with E-state index in [0.717, 1.165) is 26.6 Å². The van der Waals surface area contributed by atoms with E-state index in [4.69, 9.17) is 9.47 Å². The highest BCUT2D eigenvalue weighted by Gasteiger charge is 2.13. The van der Waals surface area contributed by atoms with E-state index >= 15 is 0 Å². The number of nitrogens with one attached hydrogen (secondary N) is 1. The fourth-order valence-corrected chi connectivity index (χ4v) is 3.74. The zero-order chi connectivity index (χ0) is 20.9. The number of anilines is 2. The van der Waals surface area contributed by atoms with Crippen LogP contribution in [0.5, 0.6) is 5.75 Å². The molecule has 0 atom stereocenters. The van der Waals surface area contributed by atoms with Gasteiger partial charge in [-0.3, -0.25) is 0 Å². The van der Waals surface area contributed by atoms with E-state index in [1.807, 2.05) is 42.5 Å². The van der Waals surface area contributed by atoms with Crippen molar-refractivity contribution in [3.8, 4) is 5.75 Å². The zero-order valence-corrected chi connectivity index (χ0v) is 17.1. The molecule has 8 heteroatoms. The molecular formula is C22H18N4O3S. The number of hydrogen-bond donors (Lipinski definition) is 1. The number of pyridine rings is 1. The number of nitrogens with zero attached hydrogens (tertiary/aromatic N) is 3. The van der Waals surface area contributed by atoms with Gasteiger partial charge in [-0.05, 0) is 54.6 Å². The molecule has 0 saturated heterocycles. The van der Waals surface area contributed by atoms with Crippen molar-refractivity contribution in [2.75, 3.05) is 19.5 Å². The lowest BCUT2D eigenvalue weighted by Gasteiger charge is -2.14. The molecule has 2 aromatic heterocycles. The summed E-state index contributed by atoms with van der Waals surface area (Å²) in [4.78, 5) is 26.8. The molecule has 0 amide bonds. The minimum atomic E-state index is -0.409. The van der Waals surface area contributed by atoms with Gasteiger partial charge in [0, 0.05) is 16.0 Å². The Morgan fingerprint density at radius 3 is 2.60 bits per heavy atom. The second-order valence-electron chi connectivity index (χ2n) is 6.20. The monoisotopic (exact) mass is 418 g/mol. The van der Waals surface area contributed by atoms with Crippen LogP contribution in [0.2, 0.25) is 0 Å².